The highest BCUT2D eigenvalue weighted by molar-refractivity contribution is 5.93. The van der Waals surface area contributed by atoms with Gasteiger partial charge in [0.2, 0.25) is 5.91 Å². The number of carbonyl (C=O) groups excluding carboxylic acids is 1. The highest BCUT2D eigenvalue weighted by Gasteiger charge is 2.12. The van der Waals surface area contributed by atoms with E-state index in [0.29, 0.717) is 13.0 Å². The zero-order chi connectivity index (χ0) is 13.8. The first-order chi connectivity index (χ1) is 9.08. The van der Waals surface area contributed by atoms with Gasteiger partial charge < -0.3 is 4.90 Å². The number of amides is 1. The molecule has 0 atom stereocenters. The van der Waals surface area contributed by atoms with E-state index in [0.717, 1.165) is 16.8 Å². The molecule has 4 heteroatoms. The molecule has 0 bridgehead atoms. The van der Waals surface area contributed by atoms with Crippen LogP contribution >= 0.6 is 0 Å². The standard InChI is InChI=1S/C15H19N3O/c1-12-10-16-18(11-12)9-8-15(19)17(3)14-7-5-4-6-13(14)2/h4-7,10-11H,8-9H2,1-3H3. The van der Waals surface area contributed by atoms with E-state index in [4.69, 9.17) is 0 Å². The minimum atomic E-state index is 0.0995. The Bertz CT molecular complexity index is 574. The fourth-order valence-corrected chi connectivity index (χ4v) is 2.04. The lowest BCUT2D eigenvalue weighted by molar-refractivity contribution is -0.118. The third-order valence-electron chi connectivity index (χ3n) is 3.17. The Morgan fingerprint density at radius 1 is 1.32 bits per heavy atom. The van der Waals surface area contributed by atoms with E-state index < -0.39 is 0 Å². The van der Waals surface area contributed by atoms with Crippen molar-refractivity contribution in [1.82, 2.24) is 9.78 Å². The molecule has 0 unspecified atom stereocenters. The van der Waals surface area contributed by atoms with Crippen molar-refractivity contribution in [3.8, 4) is 0 Å². The van der Waals surface area contributed by atoms with Crippen LogP contribution in [0.1, 0.15) is 17.5 Å². The predicted molar refractivity (Wildman–Crippen MR) is 76.2 cm³/mol. The van der Waals surface area contributed by atoms with Crippen LogP contribution < -0.4 is 4.90 Å². The van der Waals surface area contributed by atoms with Gasteiger partial charge in [-0.3, -0.25) is 9.48 Å². The summed E-state index contributed by atoms with van der Waals surface area (Å²) in [4.78, 5) is 13.9. The summed E-state index contributed by atoms with van der Waals surface area (Å²) in [6.45, 7) is 4.61. The van der Waals surface area contributed by atoms with Gasteiger partial charge in [-0.25, -0.2) is 0 Å². The van der Waals surface area contributed by atoms with E-state index in [1.165, 1.54) is 0 Å². The topological polar surface area (TPSA) is 38.1 Å². The molecule has 0 saturated heterocycles. The summed E-state index contributed by atoms with van der Waals surface area (Å²) in [6, 6.07) is 7.90. The second kappa shape index (κ2) is 5.69. The van der Waals surface area contributed by atoms with Crippen LogP contribution in [0.25, 0.3) is 0 Å². The molecule has 0 spiro atoms. The Morgan fingerprint density at radius 2 is 2.05 bits per heavy atom. The number of carbonyl (C=O) groups is 1. The maximum Gasteiger partial charge on any atom is 0.228 e. The second-order valence-electron chi connectivity index (χ2n) is 4.77. The lowest BCUT2D eigenvalue weighted by Crippen LogP contribution is -2.27. The first-order valence-electron chi connectivity index (χ1n) is 6.39. The lowest BCUT2D eigenvalue weighted by Gasteiger charge is -2.19. The minimum absolute atomic E-state index is 0.0995. The average molecular weight is 257 g/mol. The van der Waals surface area contributed by atoms with E-state index in [-0.39, 0.29) is 5.91 Å². The van der Waals surface area contributed by atoms with Gasteiger partial charge in [0.05, 0.1) is 6.20 Å². The smallest absolute Gasteiger partial charge is 0.228 e. The van der Waals surface area contributed by atoms with Gasteiger partial charge in [-0.2, -0.15) is 5.10 Å². The maximum absolute atomic E-state index is 12.2. The number of aromatic nitrogens is 2. The van der Waals surface area contributed by atoms with Gasteiger partial charge in [0.1, 0.15) is 0 Å². The maximum atomic E-state index is 12.2. The van der Waals surface area contributed by atoms with Crippen molar-refractivity contribution in [1.29, 1.82) is 0 Å². The van der Waals surface area contributed by atoms with Crippen LogP contribution in [-0.2, 0) is 11.3 Å². The van der Waals surface area contributed by atoms with Gasteiger partial charge in [-0.05, 0) is 31.0 Å². The molecule has 1 heterocycles. The molecule has 0 aliphatic rings. The van der Waals surface area contributed by atoms with Crippen LogP contribution in [0.15, 0.2) is 36.7 Å². The molecule has 4 nitrogen and oxygen atoms in total. The van der Waals surface area contributed by atoms with Crippen LogP contribution in [0.5, 0.6) is 0 Å². The molecular weight excluding hydrogens is 238 g/mol. The third-order valence-corrected chi connectivity index (χ3v) is 3.17. The molecule has 0 saturated carbocycles. The van der Waals surface area contributed by atoms with E-state index in [1.54, 1.807) is 15.8 Å². The lowest BCUT2D eigenvalue weighted by atomic mass is 10.2. The summed E-state index contributed by atoms with van der Waals surface area (Å²) >= 11 is 0. The number of nitrogens with zero attached hydrogens (tertiary/aromatic N) is 3. The third kappa shape index (κ3) is 3.22. The van der Waals surface area contributed by atoms with E-state index in [1.807, 2.05) is 51.4 Å². The minimum Gasteiger partial charge on any atom is -0.315 e. The Morgan fingerprint density at radius 3 is 2.68 bits per heavy atom. The van der Waals surface area contributed by atoms with Crippen LogP contribution in [0.4, 0.5) is 5.69 Å². The number of rotatable bonds is 4. The number of hydrogen-bond acceptors (Lipinski definition) is 2. The van der Waals surface area contributed by atoms with Gasteiger partial charge in [0, 0.05) is 31.9 Å². The van der Waals surface area contributed by atoms with E-state index in [2.05, 4.69) is 5.10 Å². The predicted octanol–water partition coefficient (Wildman–Crippen LogP) is 2.55. The molecule has 1 aromatic carbocycles. The van der Waals surface area contributed by atoms with Crippen LogP contribution in [0.3, 0.4) is 0 Å². The molecule has 2 rings (SSSR count). The molecule has 0 N–H and O–H groups in total. The quantitative estimate of drug-likeness (QED) is 0.844. The highest BCUT2D eigenvalue weighted by atomic mass is 16.2. The molecular formula is C15H19N3O. The highest BCUT2D eigenvalue weighted by Crippen LogP contribution is 2.18. The normalized spacial score (nSPS) is 10.5. The Kier molecular flexibility index (Phi) is 4.00. The SMILES string of the molecule is Cc1cnn(CCC(=O)N(C)c2ccccc2C)c1. The largest absolute Gasteiger partial charge is 0.315 e. The molecule has 1 amide bonds. The number of anilines is 1. The number of para-hydroxylation sites is 1. The Labute approximate surface area is 113 Å². The molecule has 1 aromatic heterocycles. The van der Waals surface area contributed by atoms with Crippen molar-refractivity contribution in [2.24, 2.45) is 0 Å². The summed E-state index contributed by atoms with van der Waals surface area (Å²) in [5.74, 6) is 0.0995. The van der Waals surface area contributed by atoms with E-state index >= 15 is 0 Å². The van der Waals surface area contributed by atoms with Crippen molar-refractivity contribution in [3.63, 3.8) is 0 Å². The van der Waals surface area contributed by atoms with Gasteiger partial charge >= 0.3 is 0 Å². The van der Waals surface area contributed by atoms with E-state index in [9.17, 15) is 4.79 Å². The van der Waals surface area contributed by atoms with Crippen molar-refractivity contribution in [3.05, 3.63) is 47.8 Å². The van der Waals surface area contributed by atoms with Crippen molar-refractivity contribution >= 4 is 11.6 Å². The molecule has 19 heavy (non-hydrogen) atoms. The Balaban J connectivity index is 1.98. The summed E-state index contributed by atoms with van der Waals surface area (Å²) < 4.78 is 1.80. The van der Waals surface area contributed by atoms with Crippen LogP contribution in [0.2, 0.25) is 0 Å². The van der Waals surface area contributed by atoms with Gasteiger partial charge in [-0.1, -0.05) is 18.2 Å². The molecule has 0 aliphatic carbocycles. The first kappa shape index (κ1) is 13.3. The summed E-state index contributed by atoms with van der Waals surface area (Å²) in [5.41, 5.74) is 3.18. The van der Waals surface area contributed by atoms with Gasteiger partial charge in [0.25, 0.3) is 0 Å². The van der Waals surface area contributed by atoms with Gasteiger partial charge in [0.15, 0.2) is 0 Å². The van der Waals surface area contributed by atoms with Crippen LogP contribution in [0, 0.1) is 13.8 Å². The van der Waals surface area contributed by atoms with Crippen LogP contribution in [-0.4, -0.2) is 22.7 Å². The second-order valence-corrected chi connectivity index (χ2v) is 4.77. The zero-order valence-corrected chi connectivity index (χ0v) is 11.6. The van der Waals surface area contributed by atoms with Crippen molar-refractivity contribution in [2.75, 3.05) is 11.9 Å². The Hall–Kier alpha value is -2.10. The monoisotopic (exact) mass is 257 g/mol. The molecule has 0 aliphatic heterocycles. The average Bonchev–Trinajstić information content (AvgIpc) is 2.81. The molecule has 0 radical (unpaired) electrons. The fraction of sp³-hybridized carbons (Fsp3) is 0.333. The summed E-state index contributed by atoms with van der Waals surface area (Å²) in [6.07, 6.45) is 4.20. The fourth-order valence-electron chi connectivity index (χ4n) is 2.04. The summed E-state index contributed by atoms with van der Waals surface area (Å²) in [7, 11) is 1.82. The molecule has 2 aromatic rings. The zero-order valence-electron chi connectivity index (χ0n) is 11.6. The number of aryl methyl sites for hydroxylation is 3. The summed E-state index contributed by atoms with van der Waals surface area (Å²) in [5, 5.41) is 4.18. The molecule has 0 fully saturated rings. The van der Waals surface area contributed by atoms with Gasteiger partial charge in [-0.15, -0.1) is 0 Å². The number of benzene rings is 1. The van der Waals surface area contributed by atoms with Crippen molar-refractivity contribution in [2.45, 2.75) is 26.8 Å². The first-order valence-corrected chi connectivity index (χ1v) is 6.39. The number of hydrogen-bond donors (Lipinski definition) is 0. The molecule has 100 valence electrons. The van der Waals surface area contributed by atoms with Crippen molar-refractivity contribution < 1.29 is 4.79 Å².